The third kappa shape index (κ3) is 5.30. The highest BCUT2D eigenvalue weighted by molar-refractivity contribution is 5.86. The van der Waals surface area contributed by atoms with Crippen LogP contribution in [0, 0.1) is 5.92 Å². The molecule has 2 atom stereocenters. The topological polar surface area (TPSA) is 74.5 Å². The number of ether oxygens (including phenoxy) is 2. The van der Waals surface area contributed by atoms with E-state index in [1.807, 2.05) is 6.92 Å². The molecule has 0 bridgehead atoms. The van der Waals surface area contributed by atoms with Crippen LogP contribution in [0.1, 0.15) is 13.3 Å². The Labute approximate surface area is 108 Å². The monoisotopic (exact) mass is 260 g/mol. The zero-order chi connectivity index (χ0) is 13.4. The molecule has 0 radical (unpaired) electrons. The molecule has 1 saturated heterocycles. The van der Waals surface area contributed by atoms with E-state index < -0.39 is 6.10 Å². The molecule has 1 fully saturated rings. The molecule has 0 aromatic heterocycles. The van der Waals surface area contributed by atoms with Crippen LogP contribution in [0.25, 0.3) is 0 Å². The van der Waals surface area contributed by atoms with Crippen LogP contribution in [-0.4, -0.2) is 73.6 Å². The van der Waals surface area contributed by atoms with Crippen LogP contribution >= 0.6 is 0 Å². The Morgan fingerprint density at radius 1 is 1.50 bits per heavy atom. The van der Waals surface area contributed by atoms with Crippen LogP contribution in [0.5, 0.6) is 0 Å². The summed E-state index contributed by atoms with van der Waals surface area (Å²) in [4.78, 5) is 2.17. The summed E-state index contributed by atoms with van der Waals surface area (Å²) >= 11 is 0. The van der Waals surface area contributed by atoms with Gasteiger partial charge in [-0.15, -0.1) is 0 Å². The molecule has 0 aromatic rings. The van der Waals surface area contributed by atoms with Gasteiger partial charge in [-0.05, 0) is 0 Å². The Morgan fingerprint density at radius 2 is 2.28 bits per heavy atom. The number of nitrogens with zero attached hydrogens (tertiary/aromatic N) is 2. The highest BCUT2D eigenvalue weighted by Crippen LogP contribution is 2.13. The van der Waals surface area contributed by atoms with Gasteiger partial charge in [-0.2, -0.15) is 0 Å². The molecule has 106 valence electrons. The molecule has 0 aliphatic carbocycles. The maximum atomic E-state index is 9.82. The van der Waals surface area contributed by atoms with Gasteiger partial charge in [0.25, 0.3) is 0 Å². The van der Waals surface area contributed by atoms with E-state index in [0.717, 1.165) is 25.2 Å². The van der Waals surface area contributed by atoms with E-state index in [1.54, 1.807) is 7.11 Å². The largest absolute Gasteiger partial charge is 0.411 e. The fourth-order valence-corrected chi connectivity index (χ4v) is 2.13. The summed E-state index contributed by atoms with van der Waals surface area (Å²) in [5.41, 5.74) is 0.845. The zero-order valence-corrected chi connectivity index (χ0v) is 11.2. The van der Waals surface area contributed by atoms with Crippen molar-refractivity contribution in [2.75, 3.05) is 46.6 Å². The third-order valence-corrected chi connectivity index (χ3v) is 3.12. The minimum Gasteiger partial charge on any atom is -0.411 e. The Bertz CT molecular complexity index is 260. The summed E-state index contributed by atoms with van der Waals surface area (Å²) in [5.74, 6) is 0.241. The molecule has 1 aliphatic heterocycles. The van der Waals surface area contributed by atoms with Crippen molar-refractivity contribution in [2.24, 2.45) is 11.1 Å². The molecule has 0 amide bonds. The van der Waals surface area contributed by atoms with Crippen LogP contribution in [0.15, 0.2) is 5.16 Å². The highest BCUT2D eigenvalue weighted by Gasteiger charge is 2.23. The van der Waals surface area contributed by atoms with Gasteiger partial charge in [0.1, 0.15) is 0 Å². The highest BCUT2D eigenvalue weighted by atomic mass is 16.5. The summed E-state index contributed by atoms with van der Waals surface area (Å²) in [7, 11) is 1.62. The van der Waals surface area contributed by atoms with Crippen molar-refractivity contribution >= 4 is 5.71 Å². The SMILES string of the molecule is COCCOCC(O)CN1CCC(=NO)C(C)C1. The second-order valence-electron chi connectivity index (χ2n) is 4.72. The van der Waals surface area contributed by atoms with Crippen molar-refractivity contribution in [3.05, 3.63) is 0 Å². The lowest BCUT2D eigenvalue weighted by atomic mass is 9.97. The average Bonchev–Trinajstić information content (AvgIpc) is 2.35. The molecule has 1 aliphatic rings. The predicted molar refractivity (Wildman–Crippen MR) is 68.1 cm³/mol. The standard InChI is InChI=1S/C12H24N2O4/c1-10-7-14(4-3-12(10)13-16)8-11(15)9-18-6-5-17-2/h10-11,15-16H,3-9H2,1-2H3. The fourth-order valence-electron chi connectivity index (χ4n) is 2.13. The van der Waals surface area contributed by atoms with Crippen molar-refractivity contribution < 1.29 is 19.8 Å². The van der Waals surface area contributed by atoms with Gasteiger partial charge in [-0.3, -0.25) is 4.90 Å². The number of β-amino-alcohol motifs (C(OH)–C–C–N with tert-alkyl or cyclic N) is 1. The minimum atomic E-state index is -0.485. The molecule has 18 heavy (non-hydrogen) atoms. The molecule has 1 rings (SSSR count). The number of methoxy groups -OCH3 is 1. The van der Waals surface area contributed by atoms with Gasteiger partial charge in [-0.1, -0.05) is 12.1 Å². The number of piperidine rings is 1. The molecular formula is C12H24N2O4. The van der Waals surface area contributed by atoms with Crippen LogP contribution in [-0.2, 0) is 9.47 Å². The van der Waals surface area contributed by atoms with Crippen molar-refractivity contribution in [2.45, 2.75) is 19.4 Å². The van der Waals surface area contributed by atoms with E-state index in [-0.39, 0.29) is 5.92 Å². The molecule has 6 nitrogen and oxygen atoms in total. The molecule has 0 saturated carbocycles. The van der Waals surface area contributed by atoms with E-state index in [2.05, 4.69) is 10.1 Å². The normalized spacial score (nSPS) is 25.5. The van der Waals surface area contributed by atoms with Gasteiger partial charge in [0.15, 0.2) is 0 Å². The van der Waals surface area contributed by atoms with Crippen LogP contribution in [0.2, 0.25) is 0 Å². The van der Waals surface area contributed by atoms with Gasteiger partial charge >= 0.3 is 0 Å². The van der Waals surface area contributed by atoms with Gasteiger partial charge < -0.3 is 19.8 Å². The number of likely N-dealkylation sites (tertiary alicyclic amines) is 1. The van der Waals surface area contributed by atoms with Gasteiger partial charge in [0.2, 0.25) is 0 Å². The lowest BCUT2D eigenvalue weighted by Gasteiger charge is -2.32. The summed E-state index contributed by atoms with van der Waals surface area (Å²) in [5, 5.41) is 21.9. The molecule has 2 N–H and O–H groups in total. The summed E-state index contributed by atoms with van der Waals surface area (Å²) in [6.45, 7) is 5.64. The van der Waals surface area contributed by atoms with Crippen LogP contribution in [0.4, 0.5) is 0 Å². The Morgan fingerprint density at radius 3 is 2.89 bits per heavy atom. The number of hydrogen-bond donors (Lipinski definition) is 2. The van der Waals surface area contributed by atoms with Gasteiger partial charge in [0, 0.05) is 39.1 Å². The lowest BCUT2D eigenvalue weighted by Crippen LogP contribution is -2.44. The summed E-state index contributed by atoms with van der Waals surface area (Å²) in [6, 6.07) is 0. The second-order valence-corrected chi connectivity index (χ2v) is 4.72. The number of hydrogen-bond acceptors (Lipinski definition) is 6. The summed E-state index contributed by atoms with van der Waals surface area (Å²) in [6.07, 6.45) is 0.274. The Kier molecular flexibility index (Phi) is 7.19. The molecule has 0 aromatic carbocycles. The van der Waals surface area contributed by atoms with Crippen LogP contribution < -0.4 is 0 Å². The average molecular weight is 260 g/mol. The third-order valence-electron chi connectivity index (χ3n) is 3.12. The number of rotatable bonds is 7. The maximum Gasteiger partial charge on any atom is 0.0900 e. The molecule has 0 spiro atoms. The maximum absolute atomic E-state index is 9.82. The van der Waals surface area contributed by atoms with E-state index in [9.17, 15) is 5.11 Å². The van der Waals surface area contributed by atoms with E-state index >= 15 is 0 Å². The first-order chi connectivity index (χ1) is 8.67. The first-order valence-electron chi connectivity index (χ1n) is 6.35. The van der Waals surface area contributed by atoms with Crippen molar-refractivity contribution in [3.63, 3.8) is 0 Å². The predicted octanol–water partition coefficient (Wildman–Crippen LogP) is 0.182. The number of aliphatic hydroxyl groups is 1. The first-order valence-corrected chi connectivity index (χ1v) is 6.35. The van der Waals surface area contributed by atoms with E-state index in [4.69, 9.17) is 14.7 Å². The first kappa shape index (κ1) is 15.4. The lowest BCUT2D eigenvalue weighted by molar-refractivity contribution is -0.00194. The summed E-state index contributed by atoms with van der Waals surface area (Å²) < 4.78 is 10.1. The van der Waals surface area contributed by atoms with E-state index in [0.29, 0.717) is 26.4 Å². The van der Waals surface area contributed by atoms with Crippen molar-refractivity contribution in [3.8, 4) is 0 Å². The second kappa shape index (κ2) is 8.42. The minimum absolute atomic E-state index is 0.241. The number of aliphatic hydroxyl groups excluding tert-OH is 1. The molecular weight excluding hydrogens is 236 g/mol. The van der Waals surface area contributed by atoms with Gasteiger partial charge in [0.05, 0.1) is 31.6 Å². The molecule has 6 heteroatoms. The van der Waals surface area contributed by atoms with Crippen molar-refractivity contribution in [1.29, 1.82) is 0 Å². The quantitative estimate of drug-likeness (QED) is 0.388. The Balaban J connectivity index is 2.18. The smallest absolute Gasteiger partial charge is 0.0900 e. The fraction of sp³-hybridized carbons (Fsp3) is 0.917. The molecule has 2 unspecified atom stereocenters. The van der Waals surface area contributed by atoms with Gasteiger partial charge in [-0.25, -0.2) is 0 Å². The zero-order valence-electron chi connectivity index (χ0n) is 11.2. The van der Waals surface area contributed by atoms with Crippen LogP contribution in [0.3, 0.4) is 0 Å². The number of oxime groups is 1. The molecule has 1 heterocycles. The Hall–Kier alpha value is -0.690. The van der Waals surface area contributed by atoms with E-state index in [1.165, 1.54) is 0 Å². The van der Waals surface area contributed by atoms with Crippen molar-refractivity contribution in [1.82, 2.24) is 4.90 Å².